The molecule has 0 amide bonds. The molecule has 1 aromatic carbocycles. The number of hydrogen-bond acceptors (Lipinski definition) is 2. The zero-order valence-corrected chi connectivity index (χ0v) is 8.99. The van der Waals surface area contributed by atoms with E-state index in [1.165, 1.54) is 11.1 Å². The Bertz CT molecular complexity index is 386. The van der Waals surface area contributed by atoms with E-state index in [2.05, 4.69) is 25.1 Å². The molecule has 1 heterocycles. The molecule has 1 fully saturated rings. The van der Waals surface area contributed by atoms with E-state index in [1.807, 2.05) is 12.1 Å². The highest BCUT2D eigenvalue weighted by molar-refractivity contribution is 5.28. The van der Waals surface area contributed by atoms with E-state index in [0.717, 1.165) is 19.4 Å². The summed E-state index contributed by atoms with van der Waals surface area (Å²) in [5.41, 5.74) is 2.25. The van der Waals surface area contributed by atoms with Crippen molar-refractivity contribution in [3.63, 3.8) is 0 Å². The number of nitrogens with zero attached hydrogens (tertiary/aromatic N) is 1. The predicted octanol–water partition coefficient (Wildman–Crippen LogP) is 2.47. The second-order valence-corrected chi connectivity index (χ2v) is 4.30. The summed E-state index contributed by atoms with van der Waals surface area (Å²) < 4.78 is 5.34. The summed E-state index contributed by atoms with van der Waals surface area (Å²) >= 11 is 0. The molecule has 1 unspecified atom stereocenters. The fourth-order valence-electron chi connectivity index (χ4n) is 2.05. The first-order chi connectivity index (χ1) is 7.26. The van der Waals surface area contributed by atoms with Gasteiger partial charge in [0.05, 0.1) is 18.1 Å². The molecule has 0 bridgehead atoms. The van der Waals surface area contributed by atoms with E-state index in [-0.39, 0.29) is 5.41 Å². The lowest BCUT2D eigenvalue weighted by Gasteiger charge is -2.19. The number of benzene rings is 1. The van der Waals surface area contributed by atoms with Crippen LogP contribution in [0.3, 0.4) is 0 Å². The van der Waals surface area contributed by atoms with Gasteiger partial charge < -0.3 is 4.74 Å². The van der Waals surface area contributed by atoms with Gasteiger partial charge in [-0.05, 0) is 30.9 Å². The van der Waals surface area contributed by atoms with Gasteiger partial charge in [0.2, 0.25) is 0 Å². The van der Waals surface area contributed by atoms with E-state index in [9.17, 15) is 5.26 Å². The van der Waals surface area contributed by atoms with Crippen molar-refractivity contribution in [1.29, 1.82) is 5.26 Å². The van der Waals surface area contributed by atoms with Crippen LogP contribution in [0.2, 0.25) is 0 Å². The Morgan fingerprint density at radius 1 is 1.47 bits per heavy atom. The number of ether oxygens (including phenoxy) is 1. The first-order valence-corrected chi connectivity index (χ1v) is 5.29. The number of aryl methyl sites for hydroxylation is 1. The van der Waals surface area contributed by atoms with Crippen molar-refractivity contribution in [2.45, 2.75) is 19.8 Å². The fourth-order valence-corrected chi connectivity index (χ4v) is 2.05. The molecule has 1 atom stereocenters. The first kappa shape index (κ1) is 10.2. The average molecular weight is 201 g/mol. The minimum atomic E-state index is -0.286. The van der Waals surface area contributed by atoms with Crippen molar-refractivity contribution in [1.82, 2.24) is 0 Å². The van der Waals surface area contributed by atoms with Gasteiger partial charge in [0.1, 0.15) is 0 Å². The van der Waals surface area contributed by atoms with Gasteiger partial charge >= 0.3 is 0 Å². The van der Waals surface area contributed by atoms with Crippen LogP contribution in [0.5, 0.6) is 0 Å². The van der Waals surface area contributed by atoms with Crippen LogP contribution in [-0.4, -0.2) is 13.2 Å². The smallest absolute Gasteiger partial charge is 0.0868 e. The van der Waals surface area contributed by atoms with E-state index in [1.54, 1.807) is 0 Å². The summed E-state index contributed by atoms with van der Waals surface area (Å²) in [7, 11) is 0. The second kappa shape index (κ2) is 4.04. The van der Waals surface area contributed by atoms with Gasteiger partial charge in [0.25, 0.3) is 0 Å². The Morgan fingerprint density at radius 2 is 2.27 bits per heavy atom. The summed E-state index contributed by atoms with van der Waals surface area (Å²) in [5, 5.41) is 9.24. The molecule has 2 nitrogen and oxygen atoms in total. The first-order valence-electron chi connectivity index (χ1n) is 5.29. The normalized spacial score (nSPS) is 25.1. The van der Waals surface area contributed by atoms with Gasteiger partial charge in [-0.3, -0.25) is 0 Å². The monoisotopic (exact) mass is 201 g/mol. The van der Waals surface area contributed by atoms with Crippen LogP contribution in [0.25, 0.3) is 0 Å². The van der Waals surface area contributed by atoms with Crippen LogP contribution in [0, 0.1) is 23.7 Å². The molecule has 1 aliphatic rings. The summed E-state index contributed by atoms with van der Waals surface area (Å²) in [4.78, 5) is 0. The number of rotatable bonds is 2. The molecule has 0 N–H and O–H groups in total. The lowest BCUT2D eigenvalue weighted by molar-refractivity contribution is 0.171. The SMILES string of the molecule is Cc1ccccc1CC1(C#N)CCOC1. The maximum Gasteiger partial charge on any atom is 0.0868 e. The molecule has 1 saturated heterocycles. The molecule has 0 radical (unpaired) electrons. The van der Waals surface area contributed by atoms with Crippen molar-refractivity contribution in [2.75, 3.05) is 13.2 Å². The van der Waals surface area contributed by atoms with Crippen LogP contribution in [0.4, 0.5) is 0 Å². The largest absolute Gasteiger partial charge is 0.380 e. The van der Waals surface area contributed by atoms with Crippen LogP contribution in [-0.2, 0) is 11.2 Å². The summed E-state index contributed by atoms with van der Waals surface area (Å²) in [6.07, 6.45) is 1.67. The van der Waals surface area contributed by atoms with E-state index < -0.39 is 0 Å². The van der Waals surface area contributed by atoms with Crippen molar-refractivity contribution < 1.29 is 4.74 Å². The molecule has 1 aromatic rings. The average Bonchev–Trinajstić information content (AvgIpc) is 2.71. The Morgan fingerprint density at radius 3 is 2.87 bits per heavy atom. The van der Waals surface area contributed by atoms with Crippen LogP contribution in [0.1, 0.15) is 17.5 Å². The third-order valence-corrected chi connectivity index (χ3v) is 3.13. The predicted molar refractivity (Wildman–Crippen MR) is 58.4 cm³/mol. The van der Waals surface area contributed by atoms with Crippen molar-refractivity contribution in [2.24, 2.45) is 5.41 Å². The lowest BCUT2D eigenvalue weighted by atomic mass is 9.81. The molecule has 2 heteroatoms. The molecule has 2 rings (SSSR count). The molecule has 0 aliphatic carbocycles. The minimum Gasteiger partial charge on any atom is -0.380 e. The lowest BCUT2D eigenvalue weighted by Crippen LogP contribution is -2.22. The molecule has 78 valence electrons. The Kier molecular flexibility index (Phi) is 2.75. The van der Waals surface area contributed by atoms with E-state index >= 15 is 0 Å². The van der Waals surface area contributed by atoms with Crippen molar-refractivity contribution in [3.8, 4) is 6.07 Å². The topological polar surface area (TPSA) is 33.0 Å². The summed E-state index contributed by atoms with van der Waals surface area (Å²) in [6.45, 7) is 3.40. The maximum absolute atomic E-state index is 9.24. The summed E-state index contributed by atoms with van der Waals surface area (Å²) in [5.74, 6) is 0. The third-order valence-electron chi connectivity index (χ3n) is 3.13. The maximum atomic E-state index is 9.24. The minimum absolute atomic E-state index is 0.286. The van der Waals surface area contributed by atoms with E-state index in [4.69, 9.17) is 4.74 Å². The van der Waals surface area contributed by atoms with Crippen molar-refractivity contribution >= 4 is 0 Å². The zero-order valence-electron chi connectivity index (χ0n) is 8.99. The van der Waals surface area contributed by atoms with Crippen LogP contribution < -0.4 is 0 Å². The molecular weight excluding hydrogens is 186 g/mol. The van der Waals surface area contributed by atoms with Crippen LogP contribution in [0.15, 0.2) is 24.3 Å². The molecule has 0 spiro atoms. The van der Waals surface area contributed by atoms with Gasteiger partial charge in [0, 0.05) is 6.61 Å². The van der Waals surface area contributed by atoms with Crippen molar-refractivity contribution in [3.05, 3.63) is 35.4 Å². The molecule has 1 aliphatic heterocycles. The van der Waals surface area contributed by atoms with Gasteiger partial charge in [-0.1, -0.05) is 24.3 Å². The Labute approximate surface area is 90.5 Å². The number of nitriles is 1. The molecule has 15 heavy (non-hydrogen) atoms. The highest BCUT2D eigenvalue weighted by Gasteiger charge is 2.35. The molecule has 0 aromatic heterocycles. The van der Waals surface area contributed by atoms with Gasteiger partial charge in [0.15, 0.2) is 0 Å². The fraction of sp³-hybridized carbons (Fsp3) is 0.462. The molecule has 0 saturated carbocycles. The molecular formula is C13H15NO. The highest BCUT2D eigenvalue weighted by atomic mass is 16.5. The van der Waals surface area contributed by atoms with Gasteiger partial charge in [-0.25, -0.2) is 0 Å². The summed E-state index contributed by atoms with van der Waals surface area (Å²) in [6, 6.07) is 10.7. The second-order valence-electron chi connectivity index (χ2n) is 4.30. The van der Waals surface area contributed by atoms with E-state index in [0.29, 0.717) is 6.61 Å². The third kappa shape index (κ3) is 2.03. The zero-order chi connectivity index (χ0) is 10.7. The Balaban J connectivity index is 2.21. The Hall–Kier alpha value is -1.33. The van der Waals surface area contributed by atoms with Gasteiger partial charge in [-0.15, -0.1) is 0 Å². The quantitative estimate of drug-likeness (QED) is 0.736. The highest BCUT2D eigenvalue weighted by Crippen LogP contribution is 2.32. The number of hydrogen-bond donors (Lipinski definition) is 0. The standard InChI is InChI=1S/C13H15NO/c1-11-4-2-3-5-12(11)8-13(9-14)6-7-15-10-13/h2-5H,6-8,10H2,1H3. The van der Waals surface area contributed by atoms with Crippen LogP contribution >= 0.6 is 0 Å². The van der Waals surface area contributed by atoms with Gasteiger partial charge in [-0.2, -0.15) is 5.26 Å².